The number of amides is 1. The molecule has 0 heterocycles. The standard InChI is InChI=1S/C23H24N2O5S/c1-16(17-13-14-21(29-2)22(15-17)30-3)24-23(26)19-11-7-8-12-20(19)25-31(27,28)18-9-5-4-6-10-18/h4-16,25H,1-3H3,(H,24,26)/t16-/m1/s1. The van der Waals surface area contributed by atoms with Crippen LogP contribution in [0.3, 0.4) is 0 Å². The second kappa shape index (κ2) is 9.53. The normalized spacial score (nSPS) is 12.0. The summed E-state index contributed by atoms with van der Waals surface area (Å²) in [5, 5.41) is 2.90. The number of hydrogen-bond acceptors (Lipinski definition) is 5. The van der Waals surface area contributed by atoms with Crippen molar-refractivity contribution >= 4 is 21.6 Å². The molecule has 0 spiro atoms. The molecule has 2 N–H and O–H groups in total. The summed E-state index contributed by atoms with van der Waals surface area (Å²) < 4.78 is 38.4. The van der Waals surface area contributed by atoms with Gasteiger partial charge in [0.25, 0.3) is 15.9 Å². The van der Waals surface area contributed by atoms with Crippen LogP contribution in [0.1, 0.15) is 28.9 Å². The van der Waals surface area contributed by atoms with Gasteiger partial charge in [-0.2, -0.15) is 0 Å². The summed E-state index contributed by atoms with van der Waals surface area (Å²) in [6, 6.07) is 19.5. The minimum absolute atomic E-state index is 0.115. The Morgan fingerprint density at radius 3 is 2.19 bits per heavy atom. The highest BCUT2D eigenvalue weighted by Crippen LogP contribution is 2.30. The minimum Gasteiger partial charge on any atom is -0.493 e. The van der Waals surface area contributed by atoms with Crippen LogP contribution in [-0.2, 0) is 10.0 Å². The lowest BCUT2D eigenvalue weighted by atomic mass is 10.1. The molecule has 1 atom stereocenters. The summed E-state index contributed by atoms with van der Waals surface area (Å²) in [5.74, 6) is 0.733. The summed E-state index contributed by atoms with van der Waals surface area (Å²) in [5.41, 5.74) is 1.23. The number of ether oxygens (including phenoxy) is 2. The number of nitrogens with one attached hydrogen (secondary N) is 2. The van der Waals surface area contributed by atoms with Crippen LogP contribution in [0.2, 0.25) is 0 Å². The van der Waals surface area contributed by atoms with Gasteiger partial charge in [-0.15, -0.1) is 0 Å². The van der Waals surface area contributed by atoms with E-state index in [2.05, 4.69) is 10.0 Å². The molecule has 0 aliphatic heterocycles. The highest BCUT2D eigenvalue weighted by atomic mass is 32.2. The predicted molar refractivity (Wildman–Crippen MR) is 119 cm³/mol. The van der Waals surface area contributed by atoms with E-state index in [1.54, 1.807) is 68.8 Å². The number of carbonyl (C=O) groups is 1. The molecule has 0 aromatic heterocycles. The van der Waals surface area contributed by atoms with Crippen molar-refractivity contribution in [1.29, 1.82) is 0 Å². The molecule has 3 rings (SSSR count). The van der Waals surface area contributed by atoms with Gasteiger partial charge in [-0.3, -0.25) is 9.52 Å². The lowest BCUT2D eigenvalue weighted by Gasteiger charge is -2.18. The Morgan fingerprint density at radius 1 is 0.871 bits per heavy atom. The fourth-order valence-corrected chi connectivity index (χ4v) is 4.15. The van der Waals surface area contributed by atoms with E-state index < -0.39 is 15.9 Å². The van der Waals surface area contributed by atoms with Gasteiger partial charge in [-0.1, -0.05) is 36.4 Å². The third kappa shape index (κ3) is 5.16. The second-order valence-electron chi connectivity index (χ2n) is 6.77. The molecule has 0 unspecified atom stereocenters. The van der Waals surface area contributed by atoms with Crippen molar-refractivity contribution in [1.82, 2.24) is 5.32 Å². The monoisotopic (exact) mass is 440 g/mol. The molecule has 7 nitrogen and oxygen atoms in total. The maximum Gasteiger partial charge on any atom is 0.261 e. The first-order valence-electron chi connectivity index (χ1n) is 9.55. The summed E-state index contributed by atoms with van der Waals surface area (Å²) in [7, 11) is -0.734. The van der Waals surface area contributed by atoms with Gasteiger partial charge in [0.2, 0.25) is 0 Å². The fourth-order valence-electron chi connectivity index (χ4n) is 3.05. The van der Waals surface area contributed by atoms with Crippen LogP contribution < -0.4 is 19.5 Å². The predicted octanol–water partition coefficient (Wildman–Crippen LogP) is 4.00. The fraction of sp³-hybridized carbons (Fsp3) is 0.174. The number of anilines is 1. The Balaban J connectivity index is 1.82. The molecular weight excluding hydrogens is 416 g/mol. The highest BCUT2D eigenvalue weighted by molar-refractivity contribution is 7.92. The SMILES string of the molecule is COc1ccc([C@@H](C)NC(=O)c2ccccc2NS(=O)(=O)c2ccccc2)cc1OC. The van der Waals surface area contributed by atoms with E-state index in [0.29, 0.717) is 11.5 Å². The average molecular weight is 441 g/mol. The molecule has 162 valence electrons. The number of carbonyl (C=O) groups excluding carboxylic acids is 1. The maximum atomic E-state index is 12.9. The molecular formula is C23H24N2O5S. The Kier molecular flexibility index (Phi) is 6.81. The van der Waals surface area contributed by atoms with E-state index >= 15 is 0 Å². The molecule has 8 heteroatoms. The van der Waals surface area contributed by atoms with Gasteiger partial charge in [0, 0.05) is 0 Å². The van der Waals surface area contributed by atoms with E-state index in [0.717, 1.165) is 5.56 Å². The minimum atomic E-state index is -3.83. The summed E-state index contributed by atoms with van der Waals surface area (Å²) >= 11 is 0. The van der Waals surface area contributed by atoms with Gasteiger partial charge in [0.1, 0.15) is 0 Å². The first-order valence-corrected chi connectivity index (χ1v) is 11.0. The Labute approximate surface area is 182 Å². The van der Waals surface area contributed by atoms with Crippen LogP contribution >= 0.6 is 0 Å². The number of hydrogen-bond donors (Lipinski definition) is 2. The van der Waals surface area contributed by atoms with Crippen molar-refractivity contribution in [2.75, 3.05) is 18.9 Å². The van der Waals surface area contributed by atoms with Crippen molar-refractivity contribution in [3.8, 4) is 11.5 Å². The second-order valence-corrected chi connectivity index (χ2v) is 8.46. The number of para-hydroxylation sites is 1. The van der Waals surface area contributed by atoms with Crippen LogP contribution in [0.15, 0.2) is 77.7 Å². The van der Waals surface area contributed by atoms with E-state index in [-0.39, 0.29) is 22.2 Å². The van der Waals surface area contributed by atoms with Crippen molar-refractivity contribution in [2.45, 2.75) is 17.9 Å². The largest absolute Gasteiger partial charge is 0.493 e. The van der Waals surface area contributed by atoms with Gasteiger partial charge >= 0.3 is 0 Å². The van der Waals surface area contributed by atoms with Crippen LogP contribution in [-0.4, -0.2) is 28.5 Å². The summed E-state index contributed by atoms with van der Waals surface area (Å²) in [4.78, 5) is 13.1. The van der Waals surface area contributed by atoms with Gasteiger partial charge in [0.15, 0.2) is 11.5 Å². The van der Waals surface area contributed by atoms with Crippen molar-refractivity contribution in [2.24, 2.45) is 0 Å². The van der Waals surface area contributed by atoms with Gasteiger partial charge in [-0.25, -0.2) is 8.42 Å². The Bertz CT molecular complexity index is 1160. The third-order valence-electron chi connectivity index (χ3n) is 4.72. The van der Waals surface area contributed by atoms with Crippen molar-refractivity contribution in [3.05, 3.63) is 83.9 Å². The molecule has 1 amide bonds. The zero-order valence-corrected chi connectivity index (χ0v) is 18.3. The van der Waals surface area contributed by atoms with E-state index in [1.807, 2.05) is 13.0 Å². The van der Waals surface area contributed by atoms with Crippen LogP contribution in [0.4, 0.5) is 5.69 Å². The number of sulfonamides is 1. The quantitative estimate of drug-likeness (QED) is 0.552. The zero-order valence-electron chi connectivity index (χ0n) is 17.5. The Hall–Kier alpha value is -3.52. The topological polar surface area (TPSA) is 93.7 Å². The van der Waals surface area contributed by atoms with Crippen LogP contribution in [0.5, 0.6) is 11.5 Å². The molecule has 3 aromatic rings. The van der Waals surface area contributed by atoms with Gasteiger partial charge in [-0.05, 0) is 48.9 Å². The van der Waals surface area contributed by atoms with Crippen LogP contribution in [0, 0.1) is 0 Å². The van der Waals surface area contributed by atoms with Gasteiger partial charge < -0.3 is 14.8 Å². The number of methoxy groups -OCH3 is 2. The van der Waals surface area contributed by atoms with Crippen LogP contribution in [0.25, 0.3) is 0 Å². The molecule has 0 saturated carbocycles. The molecule has 0 bridgehead atoms. The smallest absolute Gasteiger partial charge is 0.261 e. The molecule has 0 aliphatic rings. The lowest BCUT2D eigenvalue weighted by molar-refractivity contribution is 0.0940. The molecule has 0 aliphatic carbocycles. The van der Waals surface area contributed by atoms with Crippen molar-refractivity contribution < 1.29 is 22.7 Å². The summed E-state index contributed by atoms with van der Waals surface area (Å²) in [6.45, 7) is 1.83. The van der Waals surface area contributed by atoms with Gasteiger partial charge in [0.05, 0.1) is 36.4 Å². The summed E-state index contributed by atoms with van der Waals surface area (Å²) in [6.07, 6.45) is 0. The lowest BCUT2D eigenvalue weighted by Crippen LogP contribution is -2.28. The zero-order chi connectivity index (χ0) is 22.4. The molecule has 3 aromatic carbocycles. The van der Waals surface area contributed by atoms with E-state index in [1.165, 1.54) is 12.1 Å². The molecule has 0 fully saturated rings. The first-order chi connectivity index (χ1) is 14.9. The third-order valence-corrected chi connectivity index (χ3v) is 6.11. The number of rotatable bonds is 8. The molecule has 0 radical (unpaired) electrons. The van der Waals surface area contributed by atoms with Crippen molar-refractivity contribution in [3.63, 3.8) is 0 Å². The number of benzene rings is 3. The highest BCUT2D eigenvalue weighted by Gasteiger charge is 2.20. The maximum absolute atomic E-state index is 12.9. The Morgan fingerprint density at radius 2 is 1.52 bits per heavy atom. The first kappa shape index (κ1) is 22.2. The van der Waals surface area contributed by atoms with E-state index in [9.17, 15) is 13.2 Å². The average Bonchev–Trinajstić information content (AvgIpc) is 2.79. The molecule has 31 heavy (non-hydrogen) atoms. The van der Waals surface area contributed by atoms with E-state index in [4.69, 9.17) is 9.47 Å². The molecule has 0 saturated heterocycles.